The number of carbonyl (C=O) groups is 1. The zero-order chi connectivity index (χ0) is 21.6. The Balaban J connectivity index is 0.00000289. The summed E-state index contributed by atoms with van der Waals surface area (Å²) in [4.78, 5) is 23.5. The summed E-state index contributed by atoms with van der Waals surface area (Å²) in [5.41, 5.74) is 2.26. The van der Waals surface area contributed by atoms with Crippen molar-refractivity contribution in [3.8, 4) is 0 Å². The monoisotopic (exact) mass is 551 g/mol. The molecule has 2 aromatic rings. The maximum absolute atomic E-state index is 12.7. The summed E-state index contributed by atoms with van der Waals surface area (Å²) >= 11 is 0. The van der Waals surface area contributed by atoms with E-state index >= 15 is 0 Å². The van der Waals surface area contributed by atoms with Crippen LogP contribution in [0.2, 0.25) is 0 Å². The molecular formula is C23H34IN7O. The highest BCUT2D eigenvalue weighted by Gasteiger charge is 2.28. The van der Waals surface area contributed by atoms with Crippen molar-refractivity contribution in [3.63, 3.8) is 0 Å². The molecule has 0 saturated carbocycles. The Morgan fingerprint density at radius 1 is 1.22 bits per heavy atom. The summed E-state index contributed by atoms with van der Waals surface area (Å²) in [6.07, 6.45) is 5.92. The minimum absolute atomic E-state index is 0. The minimum atomic E-state index is 0. The summed E-state index contributed by atoms with van der Waals surface area (Å²) in [7, 11) is 3.66. The SMILES string of the molecule is CN=C(NCC1CCN(CCc2ccccc2)C1)N1CCN(c2cnn(C)c2)C(=O)C1.I. The highest BCUT2D eigenvalue weighted by atomic mass is 127. The number of carbonyl (C=O) groups excluding carboxylic acids is 1. The van der Waals surface area contributed by atoms with Crippen LogP contribution in [0.3, 0.4) is 0 Å². The number of guanidine groups is 1. The number of aromatic nitrogens is 2. The lowest BCUT2D eigenvalue weighted by Crippen LogP contribution is -2.55. The van der Waals surface area contributed by atoms with Gasteiger partial charge in [-0.15, -0.1) is 24.0 Å². The van der Waals surface area contributed by atoms with Crippen LogP contribution in [-0.4, -0.2) is 84.3 Å². The number of aliphatic imine (C=N–C) groups is 1. The number of benzene rings is 1. The second-order valence-corrected chi connectivity index (χ2v) is 8.46. The molecule has 2 aliphatic heterocycles. The lowest BCUT2D eigenvalue weighted by molar-refractivity contribution is -0.120. The van der Waals surface area contributed by atoms with E-state index in [2.05, 4.69) is 55.5 Å². The lowest BCUT2D eigenvalue weighted by atomic mass is 10.1. The molecule has 2 saturated heterocycles. The van der Waals surface area contributed by atoms with Crippen molar-refractivity contribution >= 4 is 41.5 Å². The number of nitrogens with one attached hydrogen (secondary N) is 1. The average Bonchev–Trinajstić information content (AvgIpc) is 3.42. The fourth-order valence-corrected chi connectivity index (χ4v) is 4.46. The lowest BCUT2D eigenvalue weighted by Gasteiger charge is -2.35. The third-order valence-electron chi connectivity index (χ3n) is 6.21. The van der Waals surface area contributed by atoms with Crippen LogP contribution in [0.4, 0.5) is 5.69 Å². The normalized spacial score (nSPS) is 19.9. The van der Waals surface area contributed by atoms with Gasteiger partial charge in [-0.3, -0.25) is 14.5 Å². The number of amides is 1. The van der Waals surface area contributed by atoms with Crippen LogP contribution in [0.25, 0.3) is 0 Å². The molecule has 0 radical (unpaired) electrons. The first-order chi connectivity index (χ1) is 15.1. The molecular weight excluding hydrogens is 517 g/mol. The largest absolute Gasteiger partial charge is 0.356 e. The Morgan fingerprint density at radius 2 is 2.03 bits per heavy atom. The summed E-state index contributed by atoms with van der Waals surface area (Å²) < 4.78 is 1.72. The topological polar surface area (TPSA) is 69.0 Å². The first-order valence-corrected chi connectivity index (χ1v) is 11.1. The maximum atomic E-state index is 12.7. The van der Waals surface area contributed by atoms with Crippen molar-refractivity contribution in [1.82, 2.24) is 24.9 Å². The Kier molecular flexibility index (Phi) is 8.92. The van der Waals surface area contributed by atoms with Crippen molar-refractivity contribution in [2.75, 3.05) is 57.8 Å². The molecule has 8 nitrogen and oxygen atoms in total. The van der Waals surface area contributed by atoms with Crippen LogP contribution in [0, 0.1) is 5.92 Å². The summed E-state index contributed by atoms with van der Waals surface area (Å²) in [6.45, 7) is 6.01. The second kappa shape index (κ2) is 11.6. The molecule has 0 aliphatic carbocycles. The Morgan fingerprint density at radius 3 is 2.72 bits per heavy atom. The van der Waals surface area contributed by atoms with Gasteiger partial charge in [-0.25, -0.2) is 0 Å². The number of likely N-dealkylation sites (tertiary alicyclic amines) is 1. The fourth-order valence-electron chi connectivity index (χ4n) is 4.46. The number of hydrogen-bond acceptors (Lipinski definition) is 4. The van der Waals surface area contributed by atoms with Crippen molar-refractivity contribution in [2.45, 2.75) is 12.8 Å². The van der Waals surface area contributed by atoms with Crippen molar-refractivity contribution in [2.24, 2.45) is 18.0 Å². The van der Waals surface area contributed by atoms with E-state index < -0.39 is 0 Å². The van der Waals surface area contributed by atoms with Gasteiger partial charge in [0.1, 0.15) is 6.54 Å². The Hall–Kier alpha value is -2.14. The van der Waals surface area contributed by atoms with Crippen LogP contribution in [0.5, 0.6) is 0 Å². The predicted octanol–water partition coefficient (Wildman–Crippen LogP) is 1.83. The maximum Gasteiger partial charge on any atom is 0.246 e. The number of halogens is 1. The molecule has 2 aliphatic rings. The molecule has 32 heavy (non-hydrogen) atoms. The zero-order valence-corrected chi connectivity index (χ0v) is 21.3. The number of piperazine rings is 1. The Bertz CT molecular complexity index is 901. The molecule has 0 bridgehead atoms. The highest BCUT2D eigenvalue weighted by molar-refractivity contribution is 14.0. The van der Waals surface area contributed by atoms with Crippen molar-refractivity contribution in [1.29, 1.82) is 0 Å². The summed E-state index contributed by atoms with van der Waals surface area (Å²) in [5, 5.41) is 7.69. The second-order valence-electron chi connectivity index (χ2n) is 8.46. The van der Waals surface area contributed by atoms with Gasteiger partial charge in [0, 0.05) is 53.0 Å². The van der Waals surface area contributed by atoms with Gasteiger partial charge in [-0.05, 0) is 30.9 Å². The van der Waals surface area contributed by atoms with Crippen LogP contribution >= 0.6 is 24.0 Å². The molecule has 3 heterocycles. The van der Waals surface area contributed by atoms with Crippen LogP contribution in [0.1, 0.15) is 12.0 Å². The van der Waals surface area contributed by atoms with E-state index in [4.69, 9.17) is 0 Å². The molecule has 1 aromatic carbocycles. The minimum Gasteiger partial charge on any atom is -0.356 e. The van der Waals surface area contributed by atoms with E-state index in [1.54, 1.807) is 22.8 Å². The molecule has 1 atom stereocenters. The molecule has 1 unspecified atom stereocenters. The van der Waals surface area contributed by atoms with E-state index in [0.717, 1.165) is 50.8 Å². The van der Waals surface area contributed by atoms with Gasteiger partial charge in [0.15, 0.2) is 5.96 Å². The van der Waals surface area contributed by atoms with E-state index in [1.807, 2.05) is 13.2 Å². The standard InChI is InChI=1S/C23H33N7O.HI/c1-24-23(29-12-13-30(22(31)18-29)21-15-26-27(2)17-21)25-14-20-9-11-28(16-20)10-8-19-6-4-3-5-7-19;/h3-7,15,17,20H,8-14,16,18H2,1-2H3,(H,24,25);1H. The van der Waals surface area contributed by atoms with E-state index in [0.29, 0.717) is 19.0 Å². The van der Waals surface area contributed by atoms with Gasteiger partial charge < -0.3 is 20.0 Å². The fraction of sp³-hybridized carbons (Fsp3) is 0.522. The van der Waals surface area contributed by atoms with Crippen molar-refractivity contribution < 1.29 is 4.79 Å². The van der Waals surface area contributed by atoms with Gasteiger partial charge >= 0.3 is 0 Å². The smallest absolute Gasteiger partial charge is 0.246 e. The number of aryl methyl sites for hydroxylation is 1. The molecule has 1 amide bonds. The summed E-state index contributed by atoms with van der Waals surface area (Å²) in [6, 6.07) is 10.7. The van der Waals surface area contributed by atoms with E-state index in [1.165, 1.54) is 12.0 Å². The number of hydrogen-bond donors (Lipinski definition) is 1. The quantitative estimate of drug-likeness (QED) is 0.337. The van der Waals surface area contributed by atoms with Crippen LogP contribution < -0.4 is 10.2 Å². The van der Waals surface area contributed by atoms with Gasteiger partial charge in [0.2, 0.25) is 5.91 Å². The van der Waals surface area contributed by atoms with Gasteiger partial charge in [-0.2, -0.15) is 5.10 Å². The van der Waals surface area contributed by atoms with Crippen LogP contribution in [-0.2, 0) is 18.3 Å². The van der Waals surface area contributed by atoms with E-state index in [-0.39, 0.29) is 29.9 Å². The molecule has 9 heteroatoms. The number of anilines is 1. The molecule has 4 rings (SSSR count). The number of nitrogens with zero attached hydrogens (tertiary/aromatic N) is 6. The molecule has 1 N–H and O–H groups in total. The molecule has 1 aromatic heterocycles. The predicted molar refractivity (Wildman–Crippen MR) is 139 cm³/mol. The first-order valence-electron chi connectivity index (χ1n) is 11.1. The highest BCUT2D eigenvalue weighted by Crippen LogP contribution is 2.18. The summed E-state index contributed by atoms with van der Waals surface area (Å²) in [5.74, 6) is 1.51. The Labute approximate surface area is 207 Å². The average molecular weight is 551 g/mol. The molecule has 0 spiro atoms. The zero-order valence-electron chi connectivity index (χ0n) is 19.0. The van der Waals surface area contributed by atoms with Gasteiger partial charge in [0.05, 0.1) is 11.9 Å². The number of rotatable bonds is 6. The van der Waals surface area contributed by atoms with E-state index in [9.17, 15) is 4.79 Å². The third kappa shape index (κ3) is 6.22. The third-order valence-corrected chi connectivity index (χ3v) is 6.21. The van der Waals surface area contributed by atoms with Gasteiger partial charge in [0.25, 0.3) is 0 Å². The van der Waals surface area contributed by atoms with Gasteiger partial charge in [-0.1, -0.05) is 30.3 Å². The van der Waals surface area contributed by atoms with Crippen LogP contribution in [0.15, 0.2) is 47.7 Å². The molecule has 174 valence electrons. The first kappa shape index (κ1) is 24.5. The molecule has 2 fully saturated rings. The van der Waals surface area contributed by atoms with Crippen molar-refractivity contribution in [3.05, 3.63) is 48.3 Å².